The molecule has 132 valence electrons. The molecule has 0 amide bonds. The van der Waals surface area contributed by atoms with E-state index in [4.69, 9.17) is 14.7 Å². The van der Waals surface area contributed by atoms with Gasteiger partial charge in [-0.25, -0.2) is 4.98 Å². The number of nitrogens with zero attached hydrogens (tertiary/aromatic N) is 4. The average molecular weight is 332 g/mol. The lowest BCUT2D eigenvalue weighted by Crippen LogP contribution is -2.51. The fourth-order valence-electron chi connectivity index (χ4n) is 4.01. The van der Waals surface area contributed by atoms with E-state index in [9.17, 15) is 5.11 Å². The standard InChI is InChI=1S/C18H28N4O2/c1-21(14-5-3-2-4-6-14)17-9-16(13-7-8-24-12-13)19-18(20-17)22-10-15(23)11-22/h9,13-15,23H,2-8,10-12H2,1H3/t13-/m1/s1. The van der Waals surface area contributed by atoms with Crippen molar-refractivity contribution in [1.29, 1.82) is 0 Å². The Morgan fingerprint density at radius 2 is 1.96 bits per heavy atom. The lowest BCUT2D eigenvalue weighted by Gasteiger charge is -2.37. The van der Waals surface area contributed by atoms with Crippen molar-refractivity contribution in [3.63, 3.8) is 0 Å². The molecule has 1 saturated carbocycles. The summed E-state index contributed by atoms with van der Waals surface area (Å²) in [6, 6.07) is 2.74. The summed E-state index contributed by atoms with van der Waals surface area (Å²) >= 11 is 0. The van der Waals surface area contributed by atoms with Crippen LogP contribution in [0.15, 0.2) is 6.07 Å². The number of β-amino-alcohol motifs (C(OH)–C–C–N with tert-alkyl or cyclic N) is 1. The number of aliphatic hydroxyl groups excluding tert-OH is 1. The van der Waals surface area contributed by atoms with E-state index in [1.165, 1.54) is 32.1 Å². The molecule has 2 saturated heterocycles. The highest BCUT2D eigenvalue weighted by molar-refractivity contribution is 5.48. The molecule has 0 radical (unpaired) electrons. The van der Waals surface area contributed by atoms with Crippen LogP contribution < -0.4 is 9.80 Å². The normalized spacial score (nSPS) is 25.8. The molecule has 1 N–H and O–H groups in total. The first-order chi connectivity index (χ1) is 11.7. The minimum absolute atomic E-state index is 0.244. The molecule has 4 rings (SSSR count). The number of hydrogen-bond donors (Lipinski definition) is 1. The molecule has 0 spiro atoms. The Hall–Kier alpha value is -1.40. The molecule has 1 atom stereocenters. The van der Waals surface area contributed by atoms with Crippen LogP contribution in [-0.4, -0.2) is 60.6 Å². The first kappa shape index (κ1) is 16.1. The predicted molar refractivity (Wildman–Crippen MR) is 93.7 cm³/mol. The molecule has 1 aliphatic carbocycles. The zero-order chi connectivity index (χ0) is 16.5. The first-order valence-electron chi connectivity index (χ1n) is 9.33. The van der Waals surface area contributed by atoms with Gasteiger partial charge in [-0.05, 0) is 19.3 Å². The van der Waals surface area contributed by atoms with E-state index in [1.807, 2.05) is 0 Å². The van der Waals surface area contributed by atoms with Crippen LogP contribution in [0.3, 0.4) is 0 Å². The van der Waals surface area contributed by atoms with Gasteiger partial charge >= 0.3 is 0 Å². The van der Waals surface area contributed by atoms with Gasteiger partial charge in [0.05, 0.1) is 18.4 Å². The Balaban J connectivity index is 1.61. The van der Waals surface area contributed by atoms with E-state index < -0.39 is 0 Å². The van der Waals surface area contributed by atoms with Crippen molar-refractivity contribution in [2.45, 2.75) is 56.6 Å². The van der Waals surface area contributed by atoms with Crippen LogP contribution in [0.5, 0.6) is 0 Å². The van der Waals surface area contributed by atoms with E-state index in [1.54, 1.807) is 0 Å². The van der Waals surface area contributed by atoms with E-state index in [0.717, 1.165) is 37.1 Å². The summed E-state index contributed by atoms with van der Waals surface area (Å²) in [4.78, 5) is 14.0. The van der Waals surface area contributed by atoms with Crippen LogP contribution in [0, 0.1) is 0 Å². The highest BCUT2D eigenvalue weighted by atomic mass is 16.5. The summed E-state index contributed by atoms with van der Waals surface area (Å²) in [5.41, 5.74) is 1.09. The van der Waals surface area contributed by atoms with Crippen LogP contribution >= 0.6 is 0 Å². The van der Waals surface area contributed by atoms with Gasteiger partial charge in [-0.2, -0.15) is 4.98 Å². The Labute approximate surface area is 143 Å². The quantitative estimate of drug-likeness (QED) is 0.909. The second kappa shape index (κ2) is 6.84. The summed E-state index contributed by atoms with van der Waals surface area (Å²) in [6.45, 7) is 2.85. The molecule has 24 heavy (non-hydrogen) atoms. The van der Waals surface area contributed by atoms with E-state index in [-0.39, 0.29) is 6.10 Å². The third-order valence-corrected chi connectivity index (χ3v) is 5.70. The van der Waals surface area contributed by atoms with E-state index in [0.29, 0.717) is 25.0 Å². The van der Waals surface area contributed by atoms with Crippen LogP contribution in [0.4, 0.5) is 11.8 Å². The summed E-state index contributed by atoms with van der Waals surface area (Å²) in [5, 5.41) is 9.62. The van der Waals surface area contributed by atoms with Gasteiger partial charge in [0.25, 0.3) is 0 Å². The number of aromatic nitrogens is 2. The van der Waals surface area contributed by atoms with Crippen LogP contribution in [-0.2, 0) is 4.74 Å². The molecular weight excluding hydrogens is 304 g/mol. The molecule has 3 aliphatic rings. The molecule has 2 aliphatic heterocycles. The second-order valence-electron chi connectivity index (χ2n) is 7.47. The van der Waals surface area contributed by atoms with Gasteiger partial charge in [0.2, 0.25) is 5.95 Å². The predicted octanol–water partition coefficient (Wildman–Crippen LogP) is 1.93. The Bertz CT molecular complexity index is 564. The van der Waals surface area contributed by atoms with Crippen molar-refractivity contribution in [3.05, 3.63) is 11.8 Å². The van der Waals surface area contributed by atoms with Gasteiger partial charge in [-0.3, -0.25) is 0 Å². The average Bonchev–Trinajstić information content (AvgIpc) is 3.13. The fraction of sp³-hybridized carbons (Fsp3) is 0.778. The monoisotopic (exact) mass is 332 g/mol. The maximum Gasteiger partial charge on any atom is 0.227 e. The van der Waals surface area contributed by atoms with Crippen LogP contribution in [0.25, 0.3) is 0 Å². The number of ether oxygens (including phenoxy) is 1. The minimum atomic E-state index is -0.244. The highest BCUT2D eigenvalue weighted by Crippen LogP contribution is 2.31. The molecule has 3 heterocycles. The number of hydrogen-bond acceptors (Lipinski definition) is 6. The molecule has 6 heteroatoms. The van der Waals surface area contributed by atoms with Gasteiger partial charge in [0, 0.05) is 44.8 Å². The third kappa shape index (κ3) is 3.22. The third-order valence-electron chi connectivity index (χ3n) is 5.70. The summed E-state index contributed by atoms with van der Waals surface area (Å²) in [5.74, 6) is 2.16. The van der Waals surface area contributed by atoms with Gasteiger partial charge in [-0.15, -0.1) is 0 Å². The molecule has 0 aromatic carbocycles. The summed E-state index contributed by atoms with van der Waals surface area (Å²) in [7, 11) is 2.17. The van der Waals surface area contributed by atoms with Crippen molar-refractivity contribution >= 4 is 11.8 Å². The number of rotatable bonds is 4. The Morgan fingerprint density at radius 3 is 2.62 bits per heavy atom. The maximum atomic E-state index is 9.62. The minimum Gasteiger partial charge on any atom is -0.389 e. The molecule has 6 nitrogen and oxygen atoms in total. The number of aliphatic hydroxyl groups is 1. The van der Waals surface area contributed by atoms with Crippen molar-refractivity contribution in [2.75, 3.05) is 43.2 Å². The summed E-state index contributed by atoms with van der Waals surface area (Å²) in [6.07, 6.45) is 7.27. The van der Waals surface area contributed by atoms with Crippen molar-refractivity contribution in [2.24, 2.45) is 0 Å². The fourth-order valence-corrected chi connectivity index (χ4v) is 4.01. The molecule has 0 unspecified atom stereocenters. The molecule has 3 fully saturated rings. The number of anilines is 2. The second-order valence-corrected chi connectivity index (χ2v) is 7.47. The SMILES string of the molecule is CN(c1cc([C@@H]2CCOC2)nc(N2CC(O)C2)n1)C1CCCCC1. The van der Waals surface area contributed by atoms with Gasteiger partial charge < -0.3 is 19.6 Å². The summed E-state index contributed by atoms with van der Waals surface area (Å²) < 4.78 is 5.56. The van der Waals surface area contributed by atoms with Crippen molar-refractivity contribution in [1.82, 2.24) is 9.97 Å². The zero-order valence-electron chi connectivity index (χ0n) is 14.5. The lowest BCUT2D eigenvalue weighted by molar-refractivity contribution is 0.140. The van der Waals surface area contributed by atoms with Gasteiger partial charge in [0.15, 0.2) is 0 Å². The molecule has 0 bridgehead atoms. The Kier molecular flexibility index (Phi) is 4.59. The largest absolute Gasteiger partial charge is 0.389 e. The van der Waals surface area contributed by atoms with Gasteiger partial charge in [0.1, 0.15) is 5.82 Å². The first-order valence-corrected chi connectivity index (χ1v) is 9.33. The molecule has 1 aromatic rings. The van der Waals surface area contributed by atoms with Crippen molar-refractivity contribution < 1.29 is 9.84 Å². The zero-order valence-corrected chi connectivity index (χ0v) is 14.5. The van der Waals surface area contributed by atoms with Crippen LogP contribution in [0.2, 0.25) is 0 Å². The maximum absolute atomic E-state index is 9.62. The van der Waals surface area contributed by atoms with E-state index >= 15 is 0 Å². The Morgan fingerprint density at radius 1 is 1.17 bits per heavy atom. The topological polar surface area (TPSA) is 61.7 Å². The highest BCUT2D eigenvalue weighted by Gasteiger charge is 2.30. The van der Waals surface area contributed by atoms with Crippen molar-refractivity contribution in [3.8, 4) is 0 Å². The van der Waals surface area contributed by atoms with Crippen LogP contribution in [0.1, 0.15) is 50.1 Å². The van der Waals surface area contributed by atoms with Gasteiger partial charge in [-0.1, -0.05) is 19.3 Å². The lowest BCUT2D eigenvalue weighted by atomic mass is 9.94. The van der Waals surface area contributed by atoms with E-state index in [2.05, 4.69) is 22.9 Å². The molecular formula is C18H28N4O2. The molecule has 1 aromatic heterocycles. The smallest absolute Gasteiger partial charge is 0.227 e.